The number of hydrogen-bond donors (Lipinski definition) is 1. The van der Waals surface area contributed by atoms with Gasteiger partial charge < -0.3 is 5.73 Å². The number of carbonyl (C=O) groups excluding carboxylic acids is 1. The molecule has 0 fully saturated rings. The first-order valence-electron chi connectivity index (χ1n) is 4.36. The van der Waals surface area contributed by atoms with E-state index in [1.165, 1.54) is 18.3 Å². The zero-order valence-corrected chi connectivity index (χ0v) is 8.91. The fraction of sp³-hybridized carbons (Fsp3) is 0.100. The van der Waals surface area contributed by atoms with Gasteiger partial charge in [0, 0.05) is 24.9 Å². The Balaban J connectivity index is 2.48. The minimum Gasteiger partial charge on any atom is -0.389 e. The molecule has 2 N–H and O–H groups in total. The minimum atomic E-state index is -0.112. The number of rotatable bonds is 2. The Morgan fingerprint density at radius 3 is 2.87 bits per heavy atom. The molecule has 0 aliphatic heterocycles. The molecule has 0 aliphatic rings. The van der Waals surface area contributed by atoms with Gasteiger partial charge in [0.05, 0.1) is 0 Å². The van der Waals surface area contributed by atoms with Gasteiger partial charge in [-0.25, -0.2) is 4.98 Å². The SMILES string of the molecule is CC(=O)c1nc(-c2cccnc2)sc1N. The summed E-state index contributed by atoms with van der Waals surface area (Å²) in [7, 11) is 0. The number of nitrogens with zero attached hydrogens (tertiary/aromatic N) is 2. The topological polar surface area (TPSA) is 68.9 Å². The van der Waals surface area contributed by atoms with E-state index in [0.717, 1.165) is 10.6 Å². The van der Waals surface area contributed by atoms with Crippen LogP contribution in [0.3, 0.4) is 0 Å². The monoisotopic (exact) mass is 219 g/mol. The van der Waals surface area contributed by atoms with Crippen molar-refractivity contribution in [1.29, 1.82) is 0 Å². The summed E-state index contributed by atoms with van der Waals surface area (Å²) in [5.41, 5.74) is 6.92. The normalized spacial score (nSPS) is 10.2. The molecule has 5 heteroatoms. The first-order chi connectivity index (χ1) is 7.18. The lowest BCUT2D eigenvalue weighted by Gasteiger charge is -1.91. The van der Waals surface area contributed by atoms with Crippen molar-refractivity contribution in [2.45, 2.75) is 6.92 Å². The van der Waals surface area contributed by atoms with Crippen LogP contribution >= 0.6 is 11.3 Å². The van der Waals surface area contributed by atoms with Crippen LogP contribution in [0.1, 0.15) is 17.4 Å². The smallest absolute Gasteiger partial charge is 0.181 e. The van der Waals surface area contributed by atoms with Gasteiger partial charge >= 0.3 is 0 Å². The number of aromatic nitrogens is 2. The summed E-state index contributed by atoms with van der Waals surface area (Å²) < 4.78 is 0. The highest BCUT2D eigenvalue weighted by molar-refractivity contribution is 7.19. The number of hydrogen-bond acceptors (Lipinski definition) is 5. The van der Waals surface area contributed by atoms with E-state index >= 15 is 0 Å². The first-order valence-corrected chi connectivity index (χ1v) is 5.18. The van der Waals surface area contributed by atoms with E-state index in [-0.39, 0.29) is 5.78 Å². The van der Waals surface area contributed by atoms with Gasteiger partial charge in [-0.05, 0) is 12.1 Å². The van der Waals surface area contributed by atoms with Gasteiger partial charge in [0.25, 0.3) is 0 Å². The summed E-state index contributed by atoms with van der Waals surface area (Å²) >= 11 is 1.30. The summed E-state index contributed by atoms with van der Waals surface area (Å²) in [4.78, 5) is 19.3. The van der Waals surface area contributed by atoms with Gasteiger partial charge in [-0.3, -0.25) is 9.78 Å². The zero-order chi connectivity index (χ0) is 10.8. The highest BCUT2D eigenvalue weighted by atomic mass is 32.1. The van der Waals surface area contributed by atoms with E-state index in [2.05, 4.69) is 9.97 Å². The number of anilines is 1. The van der Waals surface area contributed by atoms with Gasteiger partial charge in [0.2, 0.25) is 0 Å². The molecule has 2 rings (SSSR count). The Hall–Kier alpha value is -1.75. The number of nitrogen functional groups attached to an aromatic ring is 1. The minimum absolute atomic E-state index is 0.112. The van der Waals surface area contributed by atoms with E-state index < -0.39 is 0 Å². The number of thiazole rings is 1. The van der Waals surface area contributed by atoms with Crippen molar-refractivity contribution in [3.63, 3.8) is 0 Å². The molecule has 0 radical (unpaired) electrons. The van der Waals surface area contributed by atoms with Gasteiger partial charge in [0.1, 0.15) is 15.7 Å². The van der Waals surface area contributed by atoms with Gasteiger partial charge in [-0.15, -0.1) is 0 Å². The van der Waals surface area contributed by atoms with Crippen molar-refractivity contribution in [2.75, 3.05) is 5.73 Å². The molecule has 0 spiro atoms. The van der Waals surface area contributed by atoms with Crippen LogP contribution in [0.2, 0.25) is 0 Å². The largest absolute Gasteiger partial charge is 0.389 e. The van der Waals surface area contributed by atoms with Gasteiger partial charge in [0.15, 0.2) is 5.78 Å². The molecule has 0 atom stereocenters. The Morgan fingerprint density at radius 1 is 1.53 bits per heavy atom. The van der Waals surface area contributed by atoms with Crippen molar-refractivity contribution in [2.24, 2.45) is 0 Å². The Kier molecular flexibility index (Phi) is 2.47. The molecule has 0 amide bonds. The lowest BCUT2D eigenvalue weighted by molar-refractivity contribution is 0.101. The zero-order valence-electron chi connectivity index (χ0n) is 8.10. The number of ketones is 1. The summed E-state index contributed by atoms with van der Waals surface area (Å²) in [6, 6.07) is 3.70. The molecular formula is C10H9N3OS. The highest BCUT2D eigenvalue weighted by Gasteiger charge is 2.13. The van der Waals surface area contributed by atoms with Gasteiger partial charge in [-0.1, -0.05) is 11.3 Å². The van der Waals surface area contributed by atoms with Crippen molar-refractivity contribution in [1.82, 2.24) is 9.97 Å². The Labute approximate surface area is 90.8 Å². The van der Waals surface area contributed by atoms with E-state index in [9.17, 15) is 4.79 Å². The summed E-state index contributed by atoms with van der Waals surface area (Å²) in [5.74, 6) is -0.112. The summed E-state index contributed by atoms with van der Waals surface area (Å²) in [5, 5.41) is 1.19. The molecule has 2 aromatic heterocycles. The van der Waals surface area contributed by atoms with Crippen LogP contribution in [0.15, 0.2) is 24.5 Å². The first kappa shape index (κ1) is 9.79. The highest BCUT2D eigenvalue weighted by Crippen LogP contribution is 2.29. The van der Waals surface area contributed by atoms with Crippen molar-refractivity contribution < 1.29 is 4.79 Å². The number of nitrogens with two attached hydrogens (primary N) is 1. The van der Waals surface area contributed by atoms with Crippen molar-refractivity contribution in [3.05, 3.63) is 30.2 Å². The van der Waals surface area contributed by atoms with E-state index in [1.807, 2.05) is 12.1 Å². The molecule has 0 saturated carbocycles. The molecule has 2 aromatic rings. The second-order valence-corrected chi connectivity index (χ2v) is 4.06. The molecule has 76 valence electrons. The van der Waals surface area contributed by atoms with Crippen LogP contribution in [0.5, 0.6) is 0 Å². The predicted molar refractivity (Wildman–Crippen MR) is 59.8 cm³/mol. The lowest BCUT2D eigenvalue weighted by atomic mass is 10.3. The third-order valence-electron chi connectivity index (χ3n) is 1.90. The second-order valence-electron chi connectivity index (χ2n) is 3.03. The molecule has 15 heavy (non-hydrogen) atoms. The quantitative estimate of drug-likeness (QED) is 0.784. The molecule has 0 aromatic carbocycles. The average Bonchev–Trinajstić information content (AvgIpc) is 2.62. The molecule has 4 nitrogen and oxygen atoms in total. The average molecular weight is 219 g/mol. The number of Topliss-reactive ketones (excluding diaryl/α,β-unsaturated/α-hetero) is 1. The molecule has 0 saturated heterocycles. The Bertz CT molecular complexity index is 493. The van der Waals surface area contributed by atoms with Gasteiger partial charge in [-0.2, -0.15) is 0 Å². The molecule has 0 aliphatic carbocycles. The molecule has 0 bridgehead atoms. The van der Waals surface area contributed by atoms with Crippen LogP contribution in [-0.4, -0.2) is 15.8 Å². The number of carbonyl (C=O) groups is 1. The standard InChI is InChI=1S/C10H9N3OS/c1-6(14)8-9(11)15-10(13-8)7-3-2-4-12-5-7/h2-5H,11H2,1H3. The van der Waals surface area contributed by atoms with E-state index in [4.69, 9.17) is 5.73 Å². The molecule has 0 unspecified atom stereocenters. The summed E-state index contributed by atoms with van der Waals surface area (Å²) in [6.45, 7) is 1.46. The number of pyridine rings is 1. The van der Waals surface area contributed by atoms with Crippen LogP contribution in [-0.2, 0) is 0 Å². The maximum atomic E-state index is 11.2. The maximum Gasteiger partial charge on any atom is 0.181 e. The third kappa shape index (κ3) is 1.87. The van der Waals surface area contributed by atoms with E-state index in [1.54, 1.807) is 12.4 Å². The van der Waals surface area contributed by atoms with E-state index in [0.29, 0.717) is 10.7 Å². The molecule has 2 heterocycles. The second kappa shape index (κ2) is 3.78. The fourth-order valence-electron chi connectivity index (χ4n) is 1.20. The predicted octanol–water partition coefficient (Wildman–Crippen LogP) is 1.99. The Morgan fingerprint density at radius 2 is 2.33 bits per heavy atom. The lowest BCUT2D eigenvalue weighted by Crippen LogP contribution is -1.96. The van der Waals surface area contributed by atoms with Crippen molar-refractivity contribution >= 4 is 22.1 Å². The fourth-order valence-corrected chi connectivity index (χ4v) is 2.07. The van der Waals surface area contributed by atoms with Crippen LogP contribution < -0.4 is 5.73 Å². The van der Waals surface area contributed by atoms with Crippen LogP contribution in [0.4, 0.5) is 5.00 Å². The molecular weight excluding hydrogens is 210 g/mol. The maximum absolute atomic E-state index is 11.2. The summed E-state index contributed by atoms with van der Waals surface area (Å²) in [6.07, 6.45) is 3.38. The van der Waals surface area contributed by atoms with Crippen LogP contribution in [0.25, 0.3) is 10.6 Å². The van der Waals surface area contributed by atoms with Crippen molar-refractivity contribution in [3.8, 4) is 10.6 Å². The van der Waals surface area contributed by atoms with Crippen LogP contribution in [0, 0.1) is 0 Å². The third-order valence-corrected chi connectivity index (χ3v) is 2.83.